The number of nitrogens with two attached hydrogens (primary N) is 1. The van der Waals surface area contributed by atoms with Gasteiger partial charge in [-0.05, 0) is 24.6 Å². The molecule has 1 atom stereocenters. The highest BCUT2D eigenvalue weighted by Gasteiger charge is 2.33. The van der Waals surface area contributed by atoms with Crippen LogP contribution in [0.15, 0.2) is 23.1 Å². The number of hydrogen-bond acceptors (Lipinski definition) is 5. The molecule has 2 N–H and O–H groups in total. The molecule has 1 aliphatic rings. The van der Waals surface area contributed by atoms with Crippen LogP contribution in [0.25, 0.3) is 0 Å². The molecule has 2 rings (SSSR count). The Morgan fingerprint density at radius 1 is 1.50 bits per heavy atom. The molecule has 6 nitrogen and oxygen atoms in total. The van der Waals surface area contributed by atoms with Crippen molar-refractivity contribution < 1.29 is 17.9 Å². The number of hydrogen-bond donors (Lipinski definition) is 1. The van der Waals surface area contributed by atoms with Crippen LogP contribution < -0.4 is 10.5 Å². The Morgan fingerprint density at radius 3 is 2.85 bits per heavy atom. The maximum absolute atomic E-state index is 12.8. The topological polar surface area (TPSA) is 81.9 Å². The molecule has 1 fully saturated rings. The van der Waals surface area contributed by atoms with E-state index in [1.807, 2.05) is 6.92 Å². The van der Waals surface area contributed by atoms with Gasteiger partial charge in [-0.25, -0.2) is 8.42 Å². The number of morpholine rings is 1. The molecular formula is C13H20N2O4S. The van der Waals surface area contributed by atoms with E-state index < -0.39 is 10.0 Å². The molecule has 1 saturated heterocycles. The lowest BCUT2D eigenvalue weighted by Crippen LogP contribution is -2.47. The zero-order chi connectivity index (χ0) is 14.8. The van der Waals surface area contributed by atoms with Crippen LogP contribution >= 0.6 is 0 Å². The van der Waals surface area contributed by atoms with E-state index in [2.05, 4.69) is 0 Å². The summed E-state index contributed by atoms with van der Waals surface area (Å²) < 4.78 is 37.5. The molecule has 1 heterocycles. The Bertz CT molecular complexity index is 574. The number of rotatable bonds is 4. The molecule has 0 aromatic heterocycles. The molecule has 0 saturated carbocycles. The normalized spacial score (nSPS) is 20.9. The fraction of sp³-hybridized carbons (Fsp3) is 0.538. The average molecular weight is 300 g/mol. The van der Waals surface area contributed by atoms with Gasteiger partial charge in [-0.15, -0.1) is 0 Å². The molecule has 0 bridgehead atoms. The van der Waals surface area contributed by atoms with Crippen molar-refractivity contribution in [2.24, 2.45) is 5.73 Å². The van der Waals surface area contributed by atoms with Crippen molar-refractivity contribution in [1.82, 2.24) is 4.31 Å². The van der Waals surface area contributed by atoms with E-state index in [1.165, 1.54) is 11.4 Å². The van der Waals surface area contributed by atoms with Gasteiger partial charge in [0.2, 0.25) is 10.0 Å². The highest BCUT2D eigenvalue weighted by Crippen LogP contribution is 2.29. The molecule has 1 aliphatic heterocycles. The lowest BCUT2D eigenvalue weighted by molar-refractivity contribution is 0.0392. The van der Waals surface area contributed by atoms with Crippen LogP contribution in [0, 0.1) is 0 Å². The highest BCUT2D eigenvalue weighted by molar-refractivity contribution is 7.89. The van der Waals surface area contributed by atoms with Crippen molar-refractivity contribution in [3.8, 4) is 5.75 Å². The Kier molecular flexibility index (Phi) is 4.64. The second-order valence-corrected chi connectivity index (χ2v) is 6.59. The molecule has 1 aromatic rings. The van der Waals surface area contributed by atoms with Crippen molar-refractivity contribution in [1.29, 1.82) is 0 Å². The van der Waals surface area contributed by atoms with Gasteiger partial charge in [-0.1, -0.05) is 6.07 Å². The lowest BCUT2D eigenvalue weighted by atomic mass is 10.2. The monoisotopic (exact) mass is 300 g/mol. The van der Waals surface area contributed by atoms with Gasteiger partial charge in [0.25, 0.3) is 0 Å². The standard InChI is InChI=1S/C13H20N2O4S/c1-10-9-19-6-5-15(10)20(16,17)13-7-11(8-14)3-4-12(13)18-2/h3-4,7,10H,5-6,8-9,14H2,1-2H3. The van der Waals surface area contributed by atoms with E-state index in [1.54, 1.807) is 18.2 Å². The van der Waals surface area contributed by atoms with E-state index >= 15 is 0 Å². The highest BCUT2D eigenvalue weighted by atomic mass is 32.2. The Labute approximate surface area is 119 Å². The molecule has 0 spiro atoms. The van der Waals surface area contributed by atoms with Gasteiger partial charge in [-0.3, -0.25) is 0 Å². The summed E-state index contributed by atoms with van der Waals surface area (Å²) in [5, 5.41) is 0. The van der Waals surface area contributed by atoms with E-state index in [9.17, 15) is 8.42 Å². The first-order valence-electron chi connectivity index (χ1n) is 6.47. The number of ether oxygens (including phenoxy) is 2. The largest absolute Gasteiger partial charge is 0.495 e. The fourth-order valence-corrected chi connectivity index (χ4v) is 4.05. The number of methoxy groups -OCH3 is 1. The van der Waals surface area contributed by atoms with Crippen molar-refractivity contribution in [3.05, 3.63) is 23.8 Å². The van der Waals surface area contributed by atoms with E-state index in [4.69, 9.17) is 15.2 Å². The van der Waals surface area contributed by atoms with Gasteiger partial charge in [-0.2, -0.15) is 4.31 Å². The third kappa shape index (κ3) is 2.80. The van der Waals surface area contributed by atoms with Crippen LogP contribution in [0.1, 0.15) is 12.5 Å². The van der Waals surface area contributed by atoms with Crippen molar-refractivity contribution in [2.75, 3.05) is 26.9 Å². The van der Waals surface area contributed by atoms with Crippen LogP contribution in [0.3, 0.4) is 0 Å². The fourth-order valence-electron chi connectivity index (χ4n) is 2.25. The molecule has 0 amide bonds. The minimum Gasteiger partial charge on any atom is -0.495 e. The van der Waals surface area contributed by atoms with E-state index in [0.717, 1.165) is 5.56 Å². The minimum absolute atomic E-state index is 0.164. The second kappa shape index (κ2) is 6.09. The quantitative estimate of drug-likeness (QED) is 0.879. The molecule has 7 heteroatoms. The molecule has 1 unspecified atom stereocenters. The van der Waals surface area contributed by atoms with Gasteiger partial charge >= 0.3 is 0 Å². The predicted molar refractivity (Wildman–Crippen MR) is 75.1 cm³/mol. The Hall–Kier alpha value is -1.15. The van der Waals surface area contributed by atoms with Crippen molar-refractivity contribution in [3.63, 3.8) is 0 Å². The SMILES string of the molecule is COc1ccc(CN)cc1S(=O)(=O)N1CCOCC1C. The smallest absolute Gasteiger partial charge is 0.247 e. The second-order valence-electron chi connectivity index (χ2n) is 4.73. The summed E-state index contributed by atoms with van der Waals surface area (Å²) in [5.41, 5.74) is 6.34. The van der Waals surface area contributed by atoms with Gasteiger partial charge in [0.1, 0.15) is 10.6 Å². The number of benzene rings is 1. The Morgan fingerprint density at radius 2 is 2.25 bits per heavy atom. The molecule has 0 radical (unpaired) electrons. The summed E-state index contributed by atoms with van der Waals surface area (Å²) in [6.07, 6.45) is 0. The van der Waals surface area contributed by atoms with Crippen molar-refractivity contribution >= 4 is 10.0 Å². The lowest BCUT2D eigenvalue weighted by Gasteiger charge is -2.32. The third-order valence-corrected chi connectivity index (χ3v) is 5.39. The predicted octanol–water partition coefficient (Wildman–Crippen LogP) is 0.563. The molecular weight excluding hydrogens is 280 g/mol. The third-order valence-electron chi connectivity index (χ3n) is 3.36. The maximum Gasteiger partial charge on any atom is 0.247 e. The van der Waals surface area contributed by atoms with Crippen LogP contribution in [-0.2, 0) is 21.3 Å². The first-order valence-corrected chi connectivity index (χ1v) is 7.91. The van der Waals surface area contributed by atoms with Crippen molar-refractivity contribution in [2.45, 2.75) is 24.4 Å². The van der Waals surface area contributed by atoms with Crippen LogP contribution in [0.5, 0.6) is 5.75 Å². The summed E-state index contributed by atoms with van der Waals surface area (Å²) in [6, 6.07) is 4.79. The number of sulfonamides is 1. The molecule has 1 aromatic carbocycles. The average Bonchev–Trinajstić information content (AvgIpc) is 2.46. The van der Waals surface area contributed by atoms with E-state index in [0.29, 0.717) is 25.5 Å². The summed E-state index contributed by atoms with van der Waals surface area (Å²) in [4.78, 5) is 0.164. The summed E-state index contributed by atoms with van der Waals surface area (Å²) in [7, 11) is -2.16. The summed E-state index contributed by atoms with van der Waals surface area (Å²) in [6.45, 7) is 3.27. The van der Waals surface area contributed by atoms with E-state index in [-0.39, 0.29) is 17.5 Å². The Balaban J connectivity index is 2.47. The summed E-state index contributed by atoms with van der Waals surface area (Å²) in [5.74, 6) is 0.334. The maximum atomic E-state index is 12.8. The van der Waals surface area contributed by atoms with Crippen LogP contribution in [0.2, 0.25) is 0 Å². The molecule has 112 valence electrons. The first-order chi connectivity index (χ1) is 9.50. The zero-order valence-corrected chi connectivity index (χ0v) is 12.5. The number of nitrogens with zero attached hydrogens (tertiary/aromatic N) is 1. The van der Waals surface area contributed by atoms with Gasteiger partial charge < -0.3 is 15.2 Å². The summed E-state index contributed by atoms with van der Waals surface area (Å²) >= 11 is 0. The minimum atomic E-state index is -3.61. The van der Waals surface area contributed by atoms with Gasteiger partial charge in [0.05, 0.1) is 20.3 Å². The van der Waals surface area contributed by atoms with Crippen LogP contribution in [0.4, 0.5) is 0 Å². The first kappa shape index (κ1) is 15.2. The zero-order valence-electron chi connectivity index (χ0n) is 11.7. The van der Waals surface area contributed by atoms with Gasteiger partial charge in [0, 0.05) is 19.1 Å². The van der Waals surface area contributed by atoms with Gasteiger partial charge in [0.15, 0.2) is 0 Å². The molecule has 20 heavy (non-hydrogen) atoms. The molecule has 0 aliphatic carbocycles. The van der Waals surface area contributed by atoms with Crippen LogP contribution in [-0.4, -0.2) is 45.6 Å².